The van der Waals surface area contributed by atoms with Crippen molar-refractivity contribution in [2.45, 2.75) is 19.8 Å². The predicted octanol–water partition coefficient (Wildman–Crippen LogP) is 0.123. The van der Waals surface area contributed by atoms with Crippen molar-refractivity contribution in [2.24, 2.45) is 7.05 Å². The largest absolute Gasteiger partial charge is 0.339 e. The molecular formula is C15H20FN7O2. The zero-order chi connectivity index (χ0) is 18.1. The van der Waals surface area contributed by atoms with E-state index in [1.54, 1.807) is 32.0 Å². The Bertz CT molecular complexity index is 837. The van der Waals surface area contributed by atoms with E-state index in [1.165, 1.54) is 4.68 Å². The molecular weight excluding hydrogens is 329 g/mol. The lowest BCUT2D eigenvalue weighted by molar-refractivity contribution is 0.0740. The van der Waals surface area contributed by atoms with Gasteiger partial charge in [-0.1, -0.05) is 19.1 Å². The zero-order valence-corrected chi connectivity index (χ0v) is 14.4. The highest BCUT2D eigenvalue weighted by Crippen LogP contribution is 2.17. The molecule has 1 aliphatic heterocycles. The van der Waals surface area contributed by atoms with Crippen LogP contribution in [0.15, 0.2) is 11.0 Å². The minimum atomic E-state index is -0.838. The summed E-state index contributed by atoms with van der Waals surface area (Å²) in [6.45, 7) is 5.44. The number of piperazine rings is 1. The van der Waals surface area contributed by atoms with E-state index in [2.05, 4.69) is 20.3 Å². The maximum atomic E-state index is 13.9. The fourth-order valence-corrected chi connectivity index (χ4v) is 2.72. The van der Waals surface area contributed by atoms with Gasteiger partial charge in [-0.3, -0.25) is 19.3 Å². The topological polar surface area (TPSA) is 100 Å². The van der Waals surface area contributed by atoms with E-state index in [-0.39, 0.29) is 17.5 Å². The van der Waals surface area contributed by atoms with Crippen molar-refractivity contribution in [1.82, 2.24) is 29.9 Å². The maximum absolute atomic E-state index is 13.9. The third kappa shape index (κ3) is 3.37. The van der Waals surface area contributed by atoms with Crippen molar-refractivity contribution in [3.8, 4) is 0 Å². The second-order valence-electron chi connectivity index (χ2n) is 6.30. The summed E-state index contributed by atoms with van der Waals surface area (Å²) in [6.07, 6.45) is 1.57. The van der Waals surface area contributed by atoms with Crippen LogP contribution in [0.25, 0.3) is 0 Å². The first-order valence-electron chi connectivity index (χ1n) is 8.07. The van der Waals surface area contributed by atoms with Crippen LogP contribution in [0.2, 0.25) is 0 Å². The third-order valence-corrected chi connectivity index (χ3v) is 4.11. The van der Waals surface area contributed by atoms with Crippen LogP contribution in [0.4, 0.5) is 10.3 Å². The molecule has 25 heavy (non-hydrogen) atoms. The number of nitrogens with zero attached hydrogens (tertiary/aromatic N) is 6. The molecule has 1 N–H and O–H groups in total. The molecule has 1 saturated heterocycles. The summed E-state index contributed by atoms with van der Waals surface area (Å²) in [6, 6.07) is 0. The maximum Gasteiger partial charge on any atom is 0.288 e. The Morgan fingerprint density at radius 1 is 1.28 bits per heavy atom. The molecule has 3 rings (SSSR count). The number of anilines is 1. The first-order chi connectivity index (χ1) is 11.9. The van der Waals surface area contributed by atoms with Crippen LogP contribution in [0.3, 0.4) is 0 Å². The highest BCUT2D eigenvalue weighted by Gasteiger charge is 2.26. The molecule has 2 aromatic rings. The molecule has 2 aromatic heterocycles. The van der Waals surface area contributed by atoms with Gasteiger partial charge in [-0.25, -0.2) is 4.98 Å². The highest BCUT2D eigenvalue weighted by atomic mass is 19.1. The number of hydrogen-bond acceptors (Lipinski definition) is 6. The fraction of sp³-hybridized carbons (Fsp3) is 0.533. The van der Waals surface area contributed by atoms with Crippen molar-refractivity contribution >= 4 is 11.9 Å². The molecule has 3 heterocycles. The van der Waals surface area contributed by atoms with Gasteiger partial charge in [-0.2, -0.15) is 4.39 Å². The van der Waals surface area contributed by atoms with E-state index in [4.69, 9.17) is 0 Å². The first-order valence-corrected chi connectivity index (χ1v) is 8.07. The fourth-order valence-electron chi connectivity index (χ4n) is 2.72. The van der Waals surface area contributed by atoms with Crippen LogP contribution in [0, 0.1) is 5.82 Å². The molecule has 0 unspecified atom stereocenters. The summed E-state index contributed by atoms with van der Waals surface area (Å²) < 4.78 is 15.3. The quantitative estimate of drug-likeness (QED) is 0.845. The predicted molar refractivity (Wildman–Crippen MR) is 88.0 cm³/mol. The molecule has 0 atom stereocenters. The molecule has 0 aliphatic carbocycles. The molecule has 134 valence electrons. The molecule has 1 amide bonds. The molecule has 0 radical (unpaired) electrons. The number of H-pyrrole nitrogens is 1. The molecule has 0 saturated carbocycles. The molecule has 0 aromatic carbocycles. The van der Waals surface area contributed by atoms with Crippen LogP contribution in [-0.4, -0.2) is 61.9 Å². The molecule has 10 heteroatoms. The molecule has 9 nitrogen and oxygen atoms in total. The number of halogens is 1. The van der Waals surface area contributed by atoms with Gasteiger partial charge in [0.15, 0.2) is 5.69 Å². The number of rotatable bonds is 3. The number of amides is 1. The van der Waals surface area contributed by atoms with E-state index in [1.807, 2.05) is 4.90 Å². The number of aromatic amines is 1. The van der Waals surface area contributed by atoms with Gasteiger partial charge in [0.2, 0.25) is 11.8 Å². The van der Waals surface area contributed by atoms with E-state index in [9.17, 15) is 14.0 Å². The van der Waals surface area contributed by atoms with Gasteiger partial charge >= 0.3 is 0 Å². The number of nitrogens with one attached hydrogen (secondary N) is 1. The summed E-state index contributed by atoms with van der Waals surface area (Å²) in [7, 11) is 1.70. The van der Waals surface area contributed by atoms with Crippen LogP contribution >= 0.6 is 0 Å². The van der Waals surface area contributed by atoms with E-state index < -0.39 is 11.4 Å². The van der Waals surface area contributed by atoms with Gasteiger partial charge < -0.3 is 9.80 Å². The van der Waals surface area contributed by atoms with E-state index in [0.717, 1.165) is 0 Å². The van der Waals surface area contributed by atoms with Gasteiger partial charge in [0.25, 0.3) is 11.5 Å². The lowest BCUT2D eigenvalue weighted by atomic mass is 10.1. The minimum absolute atomic E-state index is 0.150. The molecule has 0 spiro atoms. The van der Waals surface area contributed by atoms with Crippen LogP contribution < -0.4 is 10.5 Å². The summed E-state index contributed by atoms with van der Waals surface area (Å²) in [5.41, 5.74) is -0.324. The van der Waals surface area contributed by atoms with Crippen molar-refractivity contribution < 1.29 is 9.18 Å². The van der Waals surface area contributed by atoms with Gasteiger partial charge in [-0.05, 0) is 5.92 Å². The normalized spacial score (nSPS) is 15.1. The zero-order valence-electron chi connectivity index (χ0n) is 14.4. The average Bonchev–Trinajstić information content (AvgIpc) is 3.03. The van der Waals surface area contributed by atoms with Crippen LogP contribution in [0.5, 0.6) is 0 Å². The number of carbonyl (C=O) groups is 1. The van der Waals surface area contributed by atoms with Crippen molar-refractivity contribution in [3.05, 3.63) is 33.8 Å². The summed E-state index contributed by atoms with van der Waals surface area (Å²) in [4.78, 5) is 34.4. The number of aryl methyl sites for hydroxylation is 1. The lowest BCUT2D eigenvalue weighted by Gasteiger charge is -2.34. The van der Waals surface area contributed by atoms with Crippen molar-refractivity contribution in [1.29, 1.82) is 0 Å². The smallest absolute Gasteiger partial charge is 0.288 e. The van der Waals surface area contributed by atoms with Crippen LogP contribution in [-0.2, 0) is 7.05 Å². The minimum Gasteiger partial charge on any atom is -0.339 e. The second kappa shape index (κ2) is 6.61. The van der Waals surface area contributed by atoms with E-state index >= 15 is 0 Å². The SMILES string of the molecule is CC(C)c1nc(N2CCN(C(=O)c3cn(C)nn3)CC2)[nH]c(=O)c1F. The monoisotopic (exact) mass is 349 g/mol. The van der Waals surface area contributed by atoms with Gasteiger partial charge in [0, 0.05) is 33.2 Å². The summed E-state index contributed by atoms with van der Waals surface area (Å²) in [5.74, 6) is -0.881. The summed E-state index contributed by atoms with van der Waals surface area (Å²) in [5, 5.41) is 7.59. The Morgan fingerprint density at radius 3 is 2.52 bits per heavy atom. The van der Waals surface area contributed by atoms with Crippen LogP contribution in [0.1, 0.15) is 35.9 Å². The third-order valence-electron chi connectivity index (χ3n) is 4.11. The van der Waals surface area contributed by atoms with Gasteiger partial charge in [0.1, 0.15) is 0 Å². The lowest BCUT2D eigenvalue weighted by Crippen LogP contribution is -2.49. The molecule has 0 bridgehead atoms. The number of aromatic nitrogens is 5. The summed E-state index contributed by atoms with van der Waals surface area (Å²) >= 11 is 0. The molecule has 1 fully saturated rings. The van der Waals surface area contributed by atoms with Crippen molar-refractivity contribution in [3.63, 3.8) is 0 Å². The number of hydrogen-bond donors (Lipinski definition) is 1. The van der Waals surface area contributed by atoms with Gasteiger partial charge in [-0.15, -0.1) is 5.10 Å². The average molecular weight is 349 g/mol. The second-order valence-corrected chi connectivity index (χ2v) is 6.30. The Hall–Kier alpha value is -2.78. The number of carbonyl (C=O) groups excluding carboxylic acids is 1. The van der Waals surface area contributed by atoms with Gasteiger partial charge in [0.05, 0.1) is 11.9 Å². The van der Waals surface area contributed by atoms with Crippen molar-refractivity contribution in [2.75, 3.05) is 31.1 Å². The van der Waals surface area contributed by atoms with E-state index in [0.29, 0.717) is 37.8 Å². The Labute approximate surface area is 143 Å². The first kappa shape index (κ1) is 17.1. The molecule has 1 aliphatic rings. The Morgan fingerprint density at radius 2 is 1.96 bits per heavy atom. The highest BCUT2D eigenvalue weighted by molar-refractivity contribution is 5.92. The standard InChI is InChI=1S/C15H20FN7O2/c1-9(2)12-11(16)13(24)18-15(17-12)23-6-4-22(5-7-23)14(25)10-8-21(3)20-19-10/h8-9H,4-7H2,1-3H3,(H,17,18,24). The Balaban J connectivity index is 1.72. The Kier molecular flexibility index (Phi) is 4.51.